The van der Waals surface area contributed by atoms with Crippen LogP contribution in [0, 0.1) is 5.82 Å². The van der Waals surface area contributed by atoms with E-state index in [9.17, 15) is 9.18 Å². The highest BCUT2D eigenvalue weighted by Gasteiger charge is 2.22. The second kappa shape index (κ2) is 8.69. The molecule has 1 fully saturated rings. The number of benzene rings is 1. The van der Waals surface area contributed by atoms with Crippen LogP contribution < -0.4 is 4.90 Å². The normalized spacial score (nSPS) is 14.3. The van der Waals surface area contributed by atoms with Gasteiger partial charge in [-0.25, -0.2) is 14.4 Å². The molecule has 1 aliphatic heterocycles. The van der Waals surface area contributed by atoms with E-state index in [0.29, 0.717) is 19.5 Å². The predicted octanol–water partition coefficient (Wildman–Crippen LogP) is 3.80. The van der Waals surface area contributed by atoms with Gasteiger partial charge in [0.15, 0.2) is 0 Å². The quantitative estimate of drug-likeness (QED) is 0.642. The van der Waals surface area contributed by atoms with Crippen molar-refractivity contribution >= 4 is 23.1 Å². The van der Waals surface area contributed by atoms with Crippen molar-refractivity contribution in [2.45, 2.75) is 19.8 Å². The Balaban J connectivity index is 1.33. The zero-order chi connectivity index (χ0) is 20.2. The first-order chi connectivity index (χ1) is 14.1. The van der Waals surface area contributed by atoms with Crippen molar-refractivity contribution in [1.82, 2.24) is 14.9 Å². The van der Waals surface area contributed by atoms with Gasteiger partial charge in [0.2, 0.25) is 5.91 Å². The number of pyridine rings is 1. The molecule has 0 saturated carbocycles. The number of anilines is 1. The third-order valence-corrected chi connectivity index (χ3v) is 6.07. The van der Waals surface area contributed by atoms with Gasteiger partial charge in [0.05, 0.1) is 12.1 Å². The first kappa shape index (κ1) is 19.5. The van der Waals surface area contributed by atoms with E-state index in [1.807, 2.05) is 17.2 Å². The second-order valence-electron chi connectivity index (χ2n) is 7.07. The Hall–Kier alpha value is -2.80. The molecule has 4 rings (SSSR count). The van der Waals surface area contributed by atoms with Crippen LogP contribution in [0.3, 0.4) is 0 Å². The van der Waals surface area contributed by atoms with Crippen LogP contribution in [-0.4, -0.2) is 47.0 Å². The molecule has 1 aliphatic rings. The number of carbonyl (C=O) groups excluding carboxylic acids is 1. The highest BCUT2D eigenvalue weighted by atomic mass is 32.1. The lowest BCUT2D eigenvalue weighted by Gasteiger charge is -2.35. The van der Waals surface area contributed by atoms with Crippen LogP contribution in [0.5, 0.6) is 0 Å². The van der Waals surface area contributed by atoms with Crippen LogP contribution in [0.1, 0.15) is 18.2 Å². The Labute approximate surface area is 173 Å². The minimum atomic E-state index is -0.283. The summed E-state index contributed by atoms with van der Waals surface area (Å²) in [7, 11) is 0. The molecule has 0 aliphatic carbocycles. The molecule has 3 heterocycles. The molecule has 0 atom stereocenters. The predicted molar refractivity (Wildman–Crippen MR) is 114 cm³/mol. The zero-order valence-corrected chi connectivity index (χ0v) is 17.2. The summed E-state index contributed by atoms with van der Waals surface area (Å²) >= 11 is 1.64. The molecular formula is C22H23FN4OS. The van der Waals surface area contributed by atoms with Crippen molar-refractivity contribution in [3.63, 3.8) is 0 Å². The fourth-order valence-corrected chi connectivity index (χ4v) is 4.27. The van der Waals surface area contributed by atoms with E-state index in [4.69, 9.17) is 0 Å². The van der Waals surface area contributed by atoms with Crippen molar-refractivity contribution in [2.75, 3.05) is 31.1 Å². The van der Waals surface area contributed by atoms with Crippen molar-refractivity contribution < 1.29 is 9.18 Å². The third-order valence-electron chi connectivity index (χ3n) is 5.13. The van der Waals surface area contributed by atoms with Gasteiger partial charge in [0, 0.05) is 43.3 Å². The summed E-state index contributed by atoms with van der Waals surface area (Å²) in [5.74, 6) is 0.718. The SMILES string of the molecule is CCc1csc(-c2ccc(N3CCN(C(=O)Cc4ccc(F)cc4)CC3)nc2)n1. The maximum atomic E-state index is 13.0. The molecule has 0 radical (unpaired) electrons. The molecule has 1 amide bonds. The van der Waals surface area contributed by atoms with Gasteiger partial charge in [0.1, 0.15) is 16.6 Å². The van der Waals surface area contributed by atoms with Crippen LogP contribution in [-0.2, 0) is 17.6 Å². The number of aromatic nitrogens is 2. The molecule has 3 aromatic rings. The second-order valence-corrected chi connectivity index (χ2v) is 7.93. The van der Waals surface area contributed by atoms with Crippen molar-refractivity contribution in [3.8, 4) is 10.6 Å². The Kier molecular flexibility index (Phi) is 5.85. The first-order valence-corrected chi connectivity index (χ1v) is 10.7. The van der Waals surface area contributed by atoms with E-state index in [-0.39, 0.29) is 11.7 Å². The summed E-state index contributed by atoms with van der Waals surface area (Å²) < 4.78 is 13.0. The van der Waals surface area contributed by atoms with E-state index < -0.39 is 0 Å². The highest BCUT2D eigenvalue weighted by molar-refractivity contribution is 7.13. The molecule has 0 N–H and O–H groups in total. The lowest BCUT2D eigenvalue weighted by Crippen LogP contribution is -2.49. The Bertz CT molecular complexity index is 963. The van der Waals surface area contributed by atoms with E-state index in [1.165, 1.54) is 12.1 Å². The fraction of sp³-hybridized carbons (Fsp3) is 0.318. The van der Waals surface area contributed by atoms with Gasteiger partial charge in [-0.15, -0.1) is 11.3 Å². The lowest BCUT2D eigenvalue weighted by molar-refractivity contribution is -0.130. The van der Waals surface area contributed by atoms with Gasteiger partial charge in [0.25, 0.3) is 0 Å². The number of halogens is 1. The summed E-state index contributed by atoms with van der Waals surface area (Å²) in [6.45, 7) is 4.92. The third kappa shape index (κ3) is 4.62. The topological polar surface area (TPSA) is 49.3 Å². The van der Waals surface area contributed by atoms with E-state index in [0.717, 1.165) is 47.2 Å². The molecule has 150 valence electrons. The minimum absolute atomic E-state index is 0.0788. The molecule has 1 saturated heterocycles. The van der Waals surface area contributed by atoms with Gasteiger partial charge >= 0.3 is 0 Å². The summed E-state index contributed by atoms with van der Waals surface area (Å²) in [6.07, 6.45) is 3.12. The van der Waals surface area contributed by atoms with Gasteiger partial charge in [-0.3, -0.25) is 4.79 Å². The van der Waals surface area contributed by atoms with Crippen molar-refractivity contribution in [2.24, 2.45) is 0 Å². The highest BCUT2D eigenvalue weighted by Crippen LogP contribution is 2.25. The van der Waals surface area contributed by atoms with Crippen LogP contribution >= 0.6 is 11.3 Å². The average Bonchev–Trinajstić information content (AvgIpc) is 3.25. The number of nitrogens with zero attached hydrogens (tertiary/aromatic N) is 4. The monoisotopic (exact) mass is 410 g/mol. The molecule has 0 bridgehead atoms. The first-order valence-electron chi connectivity index (χ1n) is 9.80. The van der Waals surface area contributed by atoms with Gasteiger partial charge in [-0.05, 0) is 36.2 Å². The Morgan fingerprint density at radius 2 is 1.86 bits per heavy atom. The summed E-state index contributed by atoms with van der Waals surface area (Å²) in [6, 6.07) is 10.2. The molecule has 2 aromatic heterocycles. The molecule has 0 spiro atoms. The molecule has 0 unspecified atom stereocenters. The Morgan fingerprint density at radius 3 is 2.48 bits per heavy atom. The number of carbonyl (C=O) groups is 1. The number of piperazine rings is 1. The Morgan fingerprint density at radius 1 is 1.10 bits per heavy atom. The number of aryl methyl sites for hydroxylation is 1. The van der Waals surface area contributed by atoms with E-state index in [1.54, 1.807) is 23.5 Å². The van der Waals surface area contributed by atoms with E-state index in [2.05, 4.69) is 33.2 Å². The number of hydrogen-bond donors (Lipinski definition) is 0. The van der Waals surface area contributed by atoms with Crippen LogP contribution in [0.4, 0.5) is 10.2 Å². The minimum Gasteiger partial charge on any atom is -0.353 e. The van der Waals surface area contributed by atoms with Gasteiger partial charge in [-0.1, -0.05) is 19.1 Å². The van der Waals surface area contributed by atoms with Crippen LogP contribution in [0.15, 0.2) is 48.0 Å². The van der Waals surface area contributed by atoms with Gasteiger partial charge < -0.3 is 9.80 Å². The smallest absolute Gasteiger partial charge is 0.227 e. The maximum Gasteiger partial charge on any atom is 0.227 e. The fourth-order valence-electron chi connectivity index (χ4n) is 3.38. The standard InChI is InChI=1S/C22H23FN4OS/c1-2-19-15-29-22(25-19)17-5-8-20(24-14-17)26-9-11-27(12-10-26)21(28)13-16-3-6-18(23)7-4-16/h3-8,14-15H,2,9-13H2,1H3. The molecule has 29 heavy (non-hydrogen) atoms. The van der Waals surface area contributed by atoms with Gasteiger partial charge in [-0.2, -0.15) is 0 Å². The molecule has 1 aromatic carbocycles. The van der Waals surface area contributed by atoms with Crippen molar-refractivity contribution in [3.05, 3.63) is 65.0 Å². The van der Waals surface area contributed by atoms with Crippen LogP contribution in [0.2, 0.25) is 0 Å². The molecular weight excluding hydrogens is 387 g/mol. The zero-order valence-electron chi connectivity index (χ0n) is 16.3. The number of amides is 1. The van der Waals surface area contributed by atoms with Crippen molar-refractivity contribution in [1.29, 1.82) is 0 Å². The van der Waals surface area contributed by atoms with E-state index >= 15 is 0 Å². The molecule has 5 nitrogen and oxygen atoms in total. The lowest BCUT2D eigenvalue weighted by atomic mass is 10.1. The maximum absolute atomic E-state index is 13.0. The molecule has 7 heteroatoms. The summed E-state index contributed by atoms with van der Waals surface area (Å²) in [4.78, 5) is 25.8. The largest absolute Gasteiger partial charge is 0.353 e. The number of rotatable bonds is 5. The summed E-state index contributed by atoms with van der Waals surface area (Å²) in [5, 5.41) is 3.09. The van der Waals surface area contributed by atoms with Crippen LogP contribution in [0.25, 0.3) is 10.6 Å². The number of thiazole rings is 1. The average molecular weight is 411 g/mol. The number of hydrogen-bond acceptors (Lipinski definition) is 5. The summed E-state index contributed by atoms with van der Waals surface area (Å²) in [5.41, 5.74) is 2.98.